The number of fused-ring (bicyclic) bond motifs is 16. The highest BCUT2D eigenvalue weighted by Crippen LogP contribution is 2.67. The Kier molecular flexibility index (Phi) is 22.7. The first-order valence-corrected chi connectivity index (χ1v) is 60.2. The molecule has 8 aliphatic rings. The second-order valence-electron chi connectivity index (χ2n) is 37.1. The van der Waals surface area contributed by atoms with Crippen LogP contribution in [0.1, 0.15) is 0 Å². The predicted molar refractivity (Wildman–Crippen MR) is 625 cm³/mol. The number of para-hydroxylation sites is 3. The van der Waals surface area contributed by atoms with E-state index in [-0.39, 0.29) is 0 Å². The zero-order chi connectivity index (χ0) is 98.8. The molecule has 0 saturated heterocycles. The molecule has 30 rings (SSSR count). The summed E-state index contributed by atoms with van der Waals surface area (Å²) in [5, 5.41) is 12.6. The van der Waals surface area contributed by atoms with E-state index in [0.717, 1.165) is 267 Å². The molecule has 0 amide bonds. The van der Waals surface area contributed by atoms with E-state index < -0.39 is 24.2 Å². The van der Waals surface area contributed by atoms with Crippen molar-refractivity contribution in [3.8, 4) is 203 Å². The first-order valence-electron chi connectivity index (χ1n) is 49.0. The van der Waals surface area contributed by atoms with E-state index >= 15 is 0 Å². The molecule has 8 nitrogen and oxygen atoms in total. The molecule has 0 fully saturated rings. The van der Waals surface area contributed by atoms with Crippen LogP contribution in [0.4, 0.5) is 0 Å². The monoisotopic (exact) mass is 2050 g/mol. The van der Waals surface area contributed by atoms with E-state index in [1.165, 1.54) is 0 Å². The van der Waals surface area contributed by atoms with Gasteiger partial charge < -0.3 is 37.9 Å². The number of ether oxygens (including phenoxy) is 8. The first-order chi connectivity index (χ1) is 72.9. The highest BCUT2D eigenvalue weighted by Gasteiger charge is 2.50. The summed E-state index contributed by atoms with van der Waals surface area (Å²) in [6.45, 7) is 0. The first kappa shape index (κ1) is 90.6. The van der Waals surface area contributed by atoms with Gasteiger partial charge >= 0.3 is 0 Å². The number of benzene rings is 22. The maximum atomic E-state index is 7.16. The number of hydrogen-bond donors (Lipinski definition) is 0. The molecule has 16 heteroatoms. The molecule has 0 N–H and O–H groups in total. The SMILES string of the molecule is S=P12c3cc(-c4ccccc4)ccc3Oc3c(-c4ccccc4)cc(-c4ccccc4)c(c31)Oc1c(-c3ccccc3)cccc12.S=P12c3cc(-c4ccccc4)ccc3Oc3cccc(c31)Oc1ccc(-c3ccccc3)cc12.S=P12c3ccc(-c4ccccc4)cc3Oc3cccc(c31)Oc1cc(-c3ccccc3)ccc12.S=P12c3cccc(-c4ccccc4)c3Oc3cccc(c31)Oc1c(-c3ccccc3)cccc12. The third-order valence-electron chi connectivity index (χ3n) is 28.5. The summed E-state index contributed by atoms with van der Waals surface area (Å²) in [4.78, 5) is 0. The van der Waals surface area contributed by atoms with Crippen molar-refractivity contribution in [2.45, 2.75) is 0 Å². The summed E-state index contributed by atoms with van der Waals surface area (Å²) in [5.41, 5.74) is 22.1. The van der Waals surface area contributed by atoms with Gasteiger partial charge in [0, 0.05) is 70.3 Å². The summed E-state index contributed by atoms with van der Waals surface area (Å²) < 4.78 is 53.0. The summed E-state index contributed by atoms with van der Waals surface area (Å²) in [6.07, 6.45) is 0. The molecule has 0 bridgehead atoms. The quantitative estimate of drug-likeness (QED) is 0.122. The second kappa shape index (κ2) is 37.1. The van der Waals surface area contributed by atoms with Gasteiger partial charge in [0.15, 0.2) is 0 Å². The summed E-state index contributed by atoms with van der Waals surface area (Å²) in [5.74, 6) is 13.1. The Bertz CT molecular complexity index is 8970. The summed E-state index contributed by atoms with van der Waals surface area (Å²) in [6, 6.07) is 166. The fourth-order valence-corrected chi connectivity index (χ4v) is 39.6. The van der Waals surface area contributed by atoms with Crippen LogP contribution in [0.2, 0.25) is 0 Å². The van der Waals surface area contributed by atoms with Crippen molar-refractivity contribution in [2.24, 2.45) is 0 Å². The average molecular weight is 2050 g/mol. The zero-order valence-electron chi connectivity index (χ0n) is 79.2. The van der Waals surface area contributed by atoms with Crippen LogP contribution in [0, 0.1) is 0 Å². The second-order valence-corrected chi connectivity index (χ2v) is 54.2. The lowest BCUT2D eigenvalue weighted by Gasteiger charge is -2.40. The molecule has 1 atom stereocenters. The molecule has 1 unspecified atom stereocenters. The van der Waals surface area contributed by atoms with E-state index in [2.05, 4.69) is 394 Å². The third-order valence-corrected chi connectivity index (χ3v) is 48.0. The molecule has 8 aliphatic heterocycles. The highest BCUT2D eigenvalue weighted by molar-refractivity contribution is 8.27. The molecule has 704 valence electrons. The Morgan fingerprint density at radius 2 is 0.331 bits per heavy atom. The van der Waals surface area contributed by atoms with Crippen molar-refractivity contribution < 1.29 is 37.9 Å². The molecule has 0 spiro atoms. The molecule has 22 aromatic carbocycles. The van der Waals surface area contributed by atoms with E-state index in [4.69, 9.17) is 85.1 Å². The zero-order valence-corrected chi connectivity index (χ0v) is 86.0. The van der Waals surface area contributed by atoms with Gasteiger partial charge in [0.1, 0.15) is 92.0 Å². The van der Waals surface area contributed by atoms with Crippen LogP contribution in [0.15, 0.2) is 510 Å². The molecule has 0 saturated carbocycles. The summed E-state index contributed by atoms with van der Waals surface area (Å²) in [7, 11) is 0. The Balaban J connectivity index is 0.0000000983. The van der Waals surface area contributed by atoms with Gasteiger partial charge in [-0.05, 0) is 205 Å². The van der Waals surface area contributed by atoms with Gasteiger partial charge in [-0.25, -0.2) is 0 Å². The van der Waals surface area contributed by atoms with Crippen molar-refractivity contribution in [1.29, 1.82) is 0 Å². The van der Waals surface area contributed by atoms with Crippen molar-refractivity contribution in [1.82, 2.24) is 0 Å². The van der Waals surface area contributed by atoms with Crippen molar-refractivity contribution in [3.05, 3.63) is 510 Å². The van der Waals surface area contributed by atoms with Crippen LogP contribution < -0.4 is 102 Å². The lowest BCUT2D eigenvalue weighted by atomic mass is 9.96. The molecule has 8 heterocycles. The maximum absolute atomic E-state index is 7.16. The number of hydrogen-bond acceptors (Lipinski definition) is 12. The predicted octanol–water partition coefficient (Wildman–Crippen LogP) is 31.3. The van der Waals surface area contributed by atoms with Crippen LogP contribution in [-0.4, -0.2) is 0 Å². The van der Waals surface area contributed by atoms with Crippen molar-refractivity contribution in [3.63, 3.8) is 0 Å². The van der Waals surface area contributed by atoms with Gasteiger partial charge in [0.2, 0.25) is 0 Å². The average Bonchev–Trinajstić information content (AvgIpc) is 0.685. The van der Waals surface area contributed by atoms with Gasteiger partial charge in [0.25, 0.3) is 0 Å². The van der Waals surface area contributed by atoms with Crippen LogP contribution in [0.25, 0.3) is 111 Å². The normalized spacial score (nSPS) is 14.5. The minimum atomic E-state index is -2.72. The fraction of sp³-hybridized carbons (Fsp3) is 0. The van der Waals surface area contributed by atoms with E-state index in [9.17, 15) is 0 Å². The minimum Gasteiger partial charge on any atom is -0.456 e. The van der Waals surface area contributed by atoms with Crippen molar-refractivity contribution in [2.75, 3.05) is 0 Å². The molecule has 22 aromatic rings. The van der Waals surface area contributed by atoms with E-state index in [1.54, 1.807) is 0 Å². The Morgan fingerprint density at radius 3 is 0.642 bits per heavy atom. The Labute approximate surface area is 878 Å². The largest absolute Gasteiger partial charge is 0.456 e. The highest BCUT2D eigenvalue weighted by atomic mass is 32.5. The fourth-order valence-electron chi connectivity index (χ4n) is 21.6. The molecular weight excluding hydrogens is 1970 g/mol. The molecule has 148 heavy (non-hydrogen) atoms. The lowest BCUT2D eigenvalue weighted by Crippen LogP contribution is -2.36. The molecular formula is C132H84O8P4S4. The molecule has 0 radical (unpaired) electrons. The summed E-state index contributed by atoms with van der Waals surface area (Å²) >= 11 is 27.2. The van der Waals surface area contributed by atoms with Crippen molar-refractivity contribution >= 4 is 135 Å². The topological polar surface area (TPSA) is 73.8 Å². The van der Waals surface area contributed by atoms with Crippen LogP contribution >= 0.6 is 24.2 Å². The van der Waals surface area contributed by atoms with Crippen LogP contribution in [-0.2, 0) is 47.2 Å². The third kappa shape index (κ3) is 15.2. The Morgan fingerprint density at radius 1 is 0.115 bits per heavy atom. The van der Waals surface area contributed by atoms with Gasteiger partial charge in [-0.2, -0.15) is 0 Å². The lowest BCUT2D eigenvalue weighted by molar-refractivity contribution is 0.466. The smallest absolute Gasteiger partial charge is 0.148 e. The molecule has 0 aliphatic carbocycles. The minimum absolute atomic E-state index is 0.788. The van der Waals surface area contributed by atoms with Crippen LogP contribution in [0.5, 0.6) is 92.0 Å². The number of rotatable bonds is 10. The van der Waals surface area contributed by atoms with Gasteiger partial charge in [-0.3, -0.25) is 0 Å². The van der Waals surface area contributed by atoms with E-state index in [1.807, 2.05) is 115 Å². The van der Waals surface area contributed by atoms with Crippen LogP contribution in [0.3, 0.4) is 0 Å². The standard InChI is InChI=1S/C42H27O2PS.3C30H19O2PS/c46-45-37-23-13-22-33(29-16-7-2-8-17-29)39(37)44-41-35(31-20-11-4-12-21-31)27-34(30-18-9-3-10-19-30)40(42(41)45)43-36-25-24-32(26-38(36)45)28-14-5-1-6-15-28;34-33-26-18-7-14-22(20-10-3-1-4-11-20)28(26)31-24-16-9-17-25(30(24)33)32-29-23(15-8-19-27(29)33)21-12-5-2-6-13-21;34-33-28-18-22(20-8-3-1-4-9-20)14-16-24(28)31-26-12-7-13-27(30(26)33)32-25-17-15-23(19-29(25)33)21-10-5-2-6-11-21;34-33-28-16-14-22(20-8-3-1-4-9-20)18-26(28)31-24-12-7-13-25(30(24)33)32-27-19-23(15-17-29(27)33)21-10-5-2-6-11-21/h1-27H;3*1-19H. The van der Waals surface area contributed by atoms with Gasteiger partial charge in [-0.15, -0.1) is 0 Å². The van der Waals surface area contributed by atoms with Gasteiger partial charge in [-0.1, -0.05) is 435 Å². The van der Waals surface area contributed by atoms with Gasteiger partial charge in [0.05, 0.1) is 45.4 Å². The maximum Gasteiger partial charge on any atom is 0.148 e. The molecule has 0 aromatic heterocycles. The van der Waals surface area contributed by atoms with E-state index in [0.29, 0.717) is 0 Å². The Hall–Kier alpha value is -16.2.